The maximum atomic E-state index is 10.8. The first-order valence-electron chi connectivity index (χ1n) is 3.83. The fourth-order valence-electron chi connectivity index (χ4n) is 1.17. The maximum absolute atomic E-state index is 10.8. The van der Waals surface area contributed by atoms with Crippen molar-refractivity contribution in [2.45, 2.75) is 18.9 Å². The molecule has 2 rings (SSSR count). The fraction of sp³-hybridized carbons (Fsp3) is 0.429. The zero-order valence-corrected chi connectivity index (χ0v) is 6.53. The SMILES string of the molecule is NC(=O)c1cnn(C2CC2)c1N. The first kappa shape index (κ1) is 7.15. The van der Waals surface area contributed by atoms with Crippen LogP contribution in [0.3, 0.4) is 0 Å². The zero-order chi connectivity index (χ0) is 8.72. The Hall–Kier alpha value is -1.52. The predicted molar refractivity (Wildman–Crippen MR) is 43.4 cm³/mol. The summed E-state index contributed by atoms with van der Waals surface area (Å²) in [6, 6.07) is 0.387. The molecule has 1 heterocycles. The molecule has 1 saturated carbocycles. The van der Waals surface area contributed by atoms with Crippen LogP contribution in [-0.2, 0) is 0 Å². The number of nitrogen functional groups attached to an aromatic ring is 1. The highest BCUT2D eigenvalue weighted by Crippen LogP contribution is 2.36. The number of amides is 1. The number of aromatic nitrogens is 2. The van der Waals surface area contributed by atoms with Gasteiger partial charge in [0.15, 0.2) is 0 Å². The number of anilines is 1. The first-order valence-corrected chi connectivity index (χ1v) is 3.83. The minimum absolute atomic E-state index is 0.321. The summed E-state index contributed by atoms with van der Waals surface area (Å²) in [5.41, 5.74) is 11.0. The second-order valence-corrected chi connectivity index (χ2v) is 2.98. The van der Waals surface area contributed by atoms with Crippen molar-refractivity contribution in [3.63, 3.8) is 0 Å². The van der Waals surface area contributed by atoms with E-state index in [4.69, 9.17) is 11.5 Å². The van der Waals surface area contributed by atoms with Gasteiger partial charge >= 0.3 is 0 Å². The molecule has 0 aromatic carbocycles. The molecule has 0 spiro atoms. The van der Waals surface area contributed by atoms with E-state index >= 15 is 0 Å². The number of rotatable bonds is 2. The smallest absolute Gasteiger partial charge is 0.254 e. The molecule has 5 nitrogen and oxygen atoms in total. The highest BCUT2D eigenvalue weighted by atomic mass is 16.1. The van der Waals surface area contributed by atoms with E-state index in [2.05, 4.69) is 5.10 Å². The molecule has 0 unspecified atom stereocenters. The molecule has 1 amide bonds. The lowest BCUT2D eigenvalue weighted by molar-refractivity contribution is 0.100. The molecule has 64 valence electrons. The molecule has 0 radical (unpaired) electrons. The zero-order valence-electron chi connectivity index (χ0n) is 6.53. The van der Waals surface area contributed by atoms with Gasteiger partial charge in [-0.3, -0.25) is 4.79 Å². The van der Waals surface area contributed by atoms with Crippen molar-refractivity contribution in [1.82, 2.24) is 9.78 Å². The molecule has 0 bridgehead atoms. The summed E-state index contributed by atoms with van der Waals surface area (Å²) < 4.78 is 1.67. The topological polar surface area (TPSA) is 86.9 Å². The maximum Gasteiger partial charge on any atom is 0.254 e. The Morgan fingerprint density at radius 2 is 2.33 bits per heavy atom. The van der Waals surface area contributed by atoms with Gasteiger partial charge in [-0.15, -0.1) is 0 Å². The molecule has 4 N–H and O–H groups in total. The van der Waals surface area contributed by atoms with Crippen LogP contribution in [0.15, 0.2) is 6.20 Å². The Morgan fingerprint density at radius 1 is 1.67 bits per heavy atom. The van der Waals surface area contributed by atoms with Gasteiger partial charge in [-0.1, -0.05) is 0 Å². The Labute approximate surface area is 69.3 Å². The molecule has 0 aliphatic heterocycles. The van der Waals surface area contributed by atoms with Crippen LogP contribution >= 0.6 is 0 Å². The van der Waals surface area contributed by atoms with E-state index in [-0.39, 0.29) is 0 Å². The highest BCUT2D eigenvalue weighted by Gasteiger charge is 2.27. The summed E-state index contributed by atoms with van der Waals surface area (Å²) in [5.74, 6) is -0.121. The van der Waals surface area contributed by atoms with Gasteiger partial charge in [0, 0.05) is 0 Å². The van der Waals surface area contributed by atoms with Crippen molar-refractivity contribution in [2.24, 2.45) is 5.73 Å². The molecule has 12 heavy (non-hydrogen) atoms. The second-order valence-electron chi connectivity index (χ2n) is 2.98. The quantitative estimate of drug-likeness (QED) is 0.643. The number of hydrogen-bond donors (Lipinski definition) is 2. The van der Waals surface area contributed by atoms with Crippen LogP contribution in [0.5, 0.6) is 0 Å². The molecule has 1 aromatic rings. The summed E-state index contributed by atoms with van der Waals surface area (Å²) in [7, 11) is 0. The third-order valence-corrected chi connectivity index (χ3v) is 1.99. The molecule has 0 saturated heterocycles. The molecule has 1 aliphatic carbocycles. The van der Waals surface area contributed by atoms with Gasteiger partial charge in [0.25, 0.3) is 5.91 Å². The van der Waals surface area contributed by atoms with Crippen LogP contribution in [0.4, 0.5) is 5.82 Å². The number of nitrogens with two attached hydrogens (primary N) is 2. The van der Waals surface area contributed by atoms with Gasteiger partial charge in [0.2, 0.25) is 0 Å². The average Bonchev–Trinajstić information content (AvgIpc) is 2.75. The van der Waals surface area contributed by atoms with E-state index in [1.807, 2.05) is 0 Å². The summed E-state index contributed by atoms with van der Waals surface area (Å²) in [5, 5.41) is 3.99. The lowest BCUT2D eigenvalue weighted by atomic mass is 10.3. The van der Waals surface area contributed by atoms with Gasteiger partial charge < -0.3 is 11.5 Å². The number of primary amides is 1. The third-order valence-electron chi connectivity index (χ3n) is 1.99. The van der Waals surface area contributed by atoms with E-state index in [1.165, 1.54) is 6.20 Å². The van der Waals surface area contributed by atoms with Crippen LogP contribution in [0, 0.1) is 0 Å². The van der Waals surface area contributed by atoms with Crippen molar-refractivity contribution < 1.29 is 4.79 Å². The Balaban J connectivity index is 2.39. The van der Waals surface area contributed by atoms with E-state index in [1.54, 1.807) is 4.68 Å². The highest BCUT2D eigenvalue weighted by molar-refractivity contribution is 5.96. The summed E-state index contributed by atoms with van der Waals surface area (Å²) in [6.07, 6.45) is 3.60. The molecule has 1 aliphatic rings. The summed E-state index contributed by atoms with van der Waals surface area (Å²) in [4.78, 5) is 10.8. The van der Waals surface area contributed by atoms with E-state index in [9.17, 15) is 4.79 Å². The molecular formula is C7H10N4O. The van der Waals surface area contributed by atoms with Gasteiger partial charge in [0.1, 0.15) is 11.4 Å². The van der Waals surface area contributed by atoms with Crippen molar-refractivity contribution in [3.8, 4) is 0 Å². The minimum atomic E-state index is -0.514. The molecule has 1 fully saturated rings. The van der Waals surface area contributed by atoms with Crippen LogP contribution < -0.4 is 11.5 Å². The fourth-order valence-corrected chi connectivity index (χ4v) is 1.17. The second kappa shape index (κ2) is 2.23. The number of hydrogen-bond acceptors (Lipinski definition) is 3. The van der Waals surface area contributed by atoms with Crippen LogP contribution in [0.1, 0.15) is 29.2 Å². The Kier molecular flexibility index (Phi) is 1.33. The summed E-state index contributed by atoms with van der Waals surface area (Å²) >= 11 is 0. The van der Waals surface area contributed by atoms with Crippen molar-refractivity contribution in [1.29, 1.82) is 0 Å². The van der Waals surface area contributed by atoms with Gasteiger partial charge in [-0.05, 0) is 12.8 Å². The Bertz CT molecular complexity index is 326. The van der Waals surface area contributed by atoms with Crippen molar-refractivity contribution in [2.75, 3.05) is 5.73 Å². The minimum Gasteiger partial charge on any atom is -0.383 e. The van der Waals surface area contributed by atoms with Crippen molar-refractivity contribution >= 4 is 11.7 Å². The average molecular weight is 166 g/mol. The monoisotopic (exact) mass is 166 g/mol. The van der Waals surface area contributed by atoms with Gasteiger partial charge in [0.05, 0.1) is 12.2 Å². The lowest BCUT2D eigenvalue weighted by Gasteiger charge is -1.99. The van der Waals surface area contributed by atoms with E-state index in [0.717, 1.165) is 12.8 Å². The normalized spacial score (nSPS) is 16.3. The molecule has 1 aromatic heterocycles. The van der Waals surface area contributed by atoms with Crippen LogP contribution in [0.2, 0.25) is 0 Å². The Morgan fingerprint density at radius 3 is 2.75 bits per heavy atom. The summed E-state index contributed by atoms with van der Waals surface area (Å²) in [6.45, 7) is 0. The predicted octanol–water partition coefficient (Wildman–Crippen LogP) is -0.101. The third kappa shape index (κ3) is 0.939. The first-order chi connectivity index (χ1) is 5.70. The van der Waals surface area contributed by atoms with E-state index in [0.29, 0.717) is 17.4 Å². The number of carbonyl (C=O) groups is 1. The molecular weight excluding hydrogens is 156 g/mol. The molecule has 0 atom stereocenters. The van der Waals surface area contributed by atoms with Crippen LogP contribution in [-0.4, -0.2) is 15.7 Å². The number of nitrogens with zero attached hydrogens (tertiary/aromatic N) is 2. The number of carbonyl (C=O) groups excluding carboxylic acids is 1. The standard InChI is InChI=1S/C7H10N4O/c8-6-5(7(9)12)3-10-11(6)4-1-2-4/h3-4H,1-2,8H2,(H2,9,12). The van der Waals surface area contributed by atoms with E-state index < -0.39 is 5.91 Å². The van der Waals surface area contributed by atoms with Crippen molar-refractivity contribution in [3.05, 3.63) is 11.8 Å². The largest absolute Gasteiger partial charge is 0.383 e. The van der Waals surface area contributed by atoms with Crippen LogP contribution in [0.25, 0.3) is 0 Å². The lowest BCUT2D eigenvalue weighted by Crippen LogP contribution is -2.13. The molecule has 5 heteroatoms. The van der Waals surface area contributed by atoms with Gasteiger partial charge in [-0.25, -0.2) is 4.68 Å². The van der Waals surface area contributed by atoms with Gasteiger partial charge in [-0.2, -0.15) is 5.10 Å².